The van der Waals surface area contributed by atoms with Gasteiger partial charge in [0.05, 0.1) is 11.7 Å². The first-order valence-corrected chi connectivity index (χ1v) is 8.41. The highest BCUT2D eigenvalue weighted by molar-refractivity contribution is 6.99. The van der Waals surface area contributed by atoms with E-state index < -0.39 is 11.6 Å². The van der Waals surface area contributed by atoms with Crippen LogP contribution in [0.25, 0.3) is 0 Å². The molecular formula is C17H11ClN2O5S. The molecule has 0 radical (unpaired) electrons. The number of benzene rings is 2. The van der Waals surface area contributed by atoms with Gasteiger partial charge in [-0.15, -0.1) is 4.37 Å². The van der Waals surface area contributed by atoms with Crippen LogP contribution in [0, 0.1) is 0 Å². The van der Waals surface area contributed by atoms with Crippen molar-refractivity contribution in [1.29, 1.82) is 0 Å². The van der Waals surface area contributed by atoms with Crippen molar-refractivity contribution in [2.24, 2.45) is 0 Å². The highest BCUT2D eigenvalue weighted by Crippen LogP contribution is 2.22. The fourth-order valence-corrected chi connectivity index (χ4v) is 2.42. The van der Waals surface area contributed by atoms with Gasteiger partial charge in [-0.25, -0.2) is 4.79 Å². The molecule has 0 atom stereocenters. The second-order valence-electron chi connectivity index (χ2n) is 4.89. The Morgan fingerprint density at radius 3 is 2.42 bits per heavy atom. The van der Waals surface area contributed by atoms with Crippen LogP contribution in [0.3, 0.4) is 0 Å². The maximum atomic E-state index is 11.7. The third-order valence-electron chi connectivity index (χ3n) is 3.07. The molecule has 2 aromatic carbocycles. The molecule has 3 rings (SSSR count). The molecule has 0 unspecified atom stereocenters. The molecule has 0 spiro atoms. The molecule has 3 aromatic rings. The SMILES string of the molecule is O=C(OCc1ccccc1)Oc1ccc(Oc2nsnc(Cl)c2=O)cc1. The summed E-state index contributed by atoms with van der Waals surface area (Å²) in [7, 11) is 0. The summed E-state index contributed by atoms with van der Waals surface area (Å²) >= 11 is 6.39. The molecule has 0 N–H and O–H groups in total. The first-order chi connectivity index (χ1) is 12.6. The minimum atomic E-state index is -0.825. The second kappa shape index (κ2) is 8.41. The lowest BCUT2D eigenvalue weighted by Gasteiger charge is -2.07. The van der Waals surface area contributed by atoms with Gasteiger partial charge in [-0.3, -0.25) is 4.79 Å². The number of carbonyl (C=O) groups excluding carboxylic acids is 1. The molecule has 1 heterocycles. The fraction of sp³-hybridized carbons (Fsp3) is 0.0588. The van der Waals surface area contributed by atoms with Gasteiger partial charge in [0.1, 0.15) is 18.1 Å². The summed E-state index contributed by atoms with van der Waals surface area (Å²) < 4.78 is 22.8. The van der Waals surface area contributed by atoms with Crippen LogP contribution in [-0.2, 0) is 11.3 Å². The van der Waals surface area contributed by atoms with Crippen molar-refractivity contribution >= 4 is 29.5 Å². The van der Waals surface area contributed by atoms with E-state index in [1.54, 1.807) is 0 Å². The average molecular weight is 391 g/mol. The summed E-state index contributed by atoms with van der Waals surface area (Å²) in [6, 6.07) is 15.3. The van der Waals surface area contributed by atoms with Gasteiger partial charge in [0.2, 0.25) is 0 Å². The summed E-state index contributed by atoms with van der Waals surface area (Å²) in [4.78, 5) is 23.4. The summed E-state index contributed by atoms with van der Waals surface area (Å²) in [5.41, 5.74) is 0.251. The van der Waals surface area contributed by atoms with Crippen LogP contribution in [0.4, 0.5) is 4.79 Å². The van der Waals surface area contributed by atoms with Gasteiger partial charge in [0.25, 0.3) is 11.3 Å². The number of hydrogen-bond acceptors (Lipinski definition) is 8. The molecule has 7 nitrogen and oxygen atoms in total. The number of rotatable bonds is 5. The molecule has 0 aliphatic rings. The third-order valence-corrected chi connectivity index (χ3v) is 3.93. The zero-order valence-electron chi connectivity index (χ0n) is 13.1. The van der Waals surface area contributed by atoms with E-state index in [4.69, 9.17) is 25.8 Å². The fourth-order valence-electron chi connectivity index (χ4n) is 1.86. The molecule has 0 saturated carbocycles. The molecule has 1 aromatic heterocycles. The number of hydrogen-bond donors (Lipinski definition) is 0. The molecule has 9 heteroatoms. The Hall–Kier alpha value is -2.97. The quantitative estimate of drug-likeness (QED) is 0.479. The Morgan fingerprint density at radius 1 is 1.00 bits per heavy atom. The van der Waals surface area contributed by atoms with Crippen LogP contribution < -0.4 is 14.9 Å². The minimum absolute atomic E-state index is 0.114. The topological polar surface area (TPSA) is 87.6 Å². The van der Waals surface area contributed by atoms with Crippen LogP contribution in [0.2, 0.25) is 5.15 Å². The lowest BCUT2D eigenvalue weighted by Crippen LogP contribution is -2.10. The first-order valence-electron chi connectivity index (χ1n) is 7.30. The van der Waals surface area contributed by atoms with Crippen molar-refractivity contribution in [2.75, 3.05) is 0 Å². The van der Waals surface area contributed by atoms with Gasteiger partial charge < -0.3 is 14.2 Å². The average Bonchev–Trinajstić information content (AvgIpc) is 2.66. The number of halogens is 1. The number of carbonyl (C=O) groups is 1. The standard InChI is InChI=1S/C17H11ClN2O5S/c18-15-14(21)16(20-26-19-15)24-12-6-8-13(9-7-12)25-17(22)23-10-11-4-2-1-3-5-11/h1-9H,10H2. The molecule has 0 bridgehead atoms. The normalized spacial score (nSPS) is 10.2. The van der Waals surface area contributed by atoms with E-state index in [9.17, 15) is 9.59 Å². The van der Waals surface area contributed by atoms with Crippen molar-refractivity contribution in [3.63, 3.8) is 0 Å². The van der Waals surface area contributed by atoms with Gasteiger partial charge >= 0.3 is 6.16 Å². The van der Waals surface area contributed by atoms with Crippen molar-refractivity contribution in [3.8, 4) is 17.4 Å². The first kappa shape index (κ1) is 17.8. The lowest BCUT2D eigenvalue weighted by molar-refractivity contribution is 0.0927. The predicted octanol–water partition coefficient (Wildman–Crippen LogP) is 4.06. The monoisotopic (exact) mass is 390 g/mol. The second-order valence-corrected chi connectivity index (χ2v) is 5.78. The van der Waals surface area contributed by atoms with E-state index in [0.29, 0.717) is 5.75 Å². The molecular weight excluding hydrogens is 380 g/mol. The highest BCUT2D eigenvalue weighted by atomic mass is 35.5. The van der Waals surface area contributed by atoms with E-state index in [-0.39, 0.29) is 23.4 Å². The molecule has 26 heavy (non-hydrogen) atoms. The zero-order valence-corrected chi connectivity index (χ0v) is 14.7. The summed E-state index contributed by atoms with van der Waals surface area (Å²) in [6.45, 7) is 0.114. The van der Waals surface area contributed by atoms with Gasteiger partial charge in [0.15, 0.2) is 5.15 Å². The number of aromatic nitrogens is 2. The summed E-state index contributed by atoms with van der Waals surface area (Å²) in [6.07, 6.45) is -0.825. The third kappa shape index (κ3) is 4.78. The maximum absolute atomic E-state index is 11.7. The van der Waals surface area contributed by atoms with Crippen molar-refractivity contribution in [3.05, 3.63) is 75.5 Å². The van der Waals surface area contributed by atoms with Crippen molar-refractivity contribution < 1.29 is 19.0 Å². The van der Waals surface area contributed by atoms with Gasteiger partial charge in [-0.1, -0.05) is 41.9 Å². The number of nitrogens with zero attached hydrogens (tertiary/aromatic N) is 2. The van der Waals surface area contributed by atoms with E-state index in [1.165, 1.54) is 24.3 Å². The Morgan fingerprint density at radius 2 is 1.69 bits per heavy atom. The largest absolute Gasteiger partial charge is 0.514 e. The van der Waals surface area contributed by atoms with Gasteiger partial charge in [-0.05, 0) is 29.8 Å². The Labute approximate surface area is 157 Å². The minimum Gasteiger partial charge on any atom is -0.435 e. The Balaban J connectivity index is 1.56. The van der Waals surface area contributed by atoms with Crippen LogP contribution in [0.5, 0.6) is 17.4 Å². The van der Waals surface area contributed by atoms with E-state index in [2.05, 4.69) is 8.75 Å². The van der Waals surface area contributed by atoms with Crippen LogP contribution in [-0.4, -0.2) is 14.9 Å². The highest BCUT2D eigenvalue weighted by Gasteiger charge is 2.10. The lowest BCUT2D eigenvalue weighted by atomic mass is 10.2. The summed E-state index contributed by atoms with van der Waals surface area (Å²) in [5.74, 6) is 0.418. The summed E-state index contributed by atoms with van der Waals surface area (Å²) in [5, 5.41) is -0.207. The van der Waals surface area contributed by atoms with E-state index in [1.807, 2.05) is 30.3 Å². The van der Waals surface area contributed by atoms with Crippen LogP contribution in [0.15, 0.2) is 59.4 Å². The predicted molar refractivity (Wildman–Crippen MR) is 95.0 cm³/mol. The molecule has 0 aliphatic heterocycles. The van der Waals surface area contributed by atoms with Gasteiger partial charge in [-0.2, -0.15) is 4.37 Å². The van der Waals surface area contributed by atoms with Crippen LogP contribution in [0.1, 0.15) is 5.56 Å². The Bertz CT molecular complexity index is 947. The zero-order chi connectivity index (χ0) is 18.4. The Kier molecular flexibility index (Phi) is 5.77. The number of ether oxygens (including phenoxy) is 3. The van der Waals surface area contributed by atoms with E-state index >= 15 is 0 Å². The van der Waals surface area contributed by atoms with Crippen molar-refractivity contribution in [2.45, 2.75) is 6.61 Å². The molecule has 0 amide bonds. The van der Waals surface area contributed by atoms with Gasteiger partial charge in [0, 0.05) is 0 Å². The molecule has 0 fully saturated rings. The molecule has 132 valence electrons. The molecule has 0 aliphatic carbocycles. The van der Waals surface area contributed by atoms with Crippen molar-refractivity contribution in [1.82, 2.24) is 8.75 Å². The smallest absolute Gasteiger partial charge is 0.435 e. The molecule has 0 saturated heterocycles. The maximum Gasteiger partial charge on any atom is 0.514 e. The van der Waals surface area contributed by atoms with E-state index in [0.717, 1.165) is 17.3 Å². The van der Waals surface area contributed by atoms with Crippen LogP contribution >= 0.6 is 23.3 Å².